The molecule has 38 heavy (non-hydrogen) atoms. The molecule has 0 aliphatic heterocycles. The van der Waals surface area contributed by atoms with Gasteiger partial charge in [0.2, 0.25) is 0 Å². The molecule has 2 rings (SSSR count). The first kappa shape index (κ1) is 55.9. The molecule has 0 radical (unpaired) electrons. The summed E-state index contributed by atoms with van der Waals surface area (Å²) in [5.41, 5.74) is 13.2. The maximum absolute atomic E-state index is 9.00. The third-order valence-corrected chi connectivity index (χ3v) is 1.27. The molecule has 0 aliphatic rings. The van der Waals surface area contributed by atoms with E-state index in [9.17, 15) is 0 Å². The summed E-state index contributed by atoms with van der Waals surface area (Å²) in [5, 5.41) is 33.5. The van der Waals surface area contributed by atoms with E-state index in [0.29, 0.717) is 0 Å². The molecule has 0 aromatic carbocycles. The standard InChI is InChI=1S/2C4H6N2.2C3H8N.4C2H4O2.2Pt/c1-6-3-2-5-4-6;1-6-4-2-3-5-6;2*1-3(2)4;4*1-2(3)4;;/h2*2-4H,1H3;2*3-4H,1-2H3;4*1H3,(H,3,4);;/q;;2*-1;;;;;;. The molecule has 2 heterocycles. The van der Waals surface area contributed by atoms with Crippen LogP contribution in [0.1, 0.15) is 55.4 Å². The number of rotatable bonds is 0. The molecule has 2 aromatic heterocycles. The van der Waals surface area contributed by atoms with Gasteiger partial charge in [0, 0.05) is 109 Å². The third-order valence-electron chi connectivity index (χ3n) is 1.27. The van der Waals surface area contributed by atoms with Gasteiger partial charge >= 0.3 is 0 Å². The van der Waals surface area contributed by atoms with Crippen molar-refractivity contribution in [1.82, 2.24) is 19.3 Å². The number of nitrogens with zero attached hydrogens (tertiary/aromatic N) is 4. The summed E-state index contributed by atoms with van der Waals surface area (Å²) in [6.45, 7) is 11.7. The zero-order valence-electron chi connectivity index (χ0n) is 23.5. The molecule has 0 amide bonds. The minimum Gasteiger partial charge on any atom is -0.675 e. The van der Waals surface area contributed by atoms with E-state index in [0.717, 1.165) is 27.7 Å². The van der Waals surface area contributed by atoms with Gasteiger partial charge in [-0.05, 0) is 6.07 Å². The number of hydrogen-bond acceptors (Lipinski definition) is 6. The molecular weight excluding hydrogens is 866 g/mol. The Bertz CT molecular complexity index is 623. The molecule has 0 saturated carbocycles. The van der Waals surface area contributed by atoms with Gasteiger partial charge in [0.15, 0.2) is 0 Å². The molecule has 0 saturated heterocycles. The molecule has 0 aliphatic carbocycles. The van der Waals surface area contributed by atoms with E-state index in [1.807, 2.05) is 64.8 Å². The van der Waals surface area contributed by atoms with E-state index >= 15 is 0 Å². The monoisotopic (exact) mass is 910 g/mol. The first-order chi connectivity index (χ1) is 16.2. The molecule has 6 N–H and O–H groups in total. The van der Waals surface area contributed by atoms with Crippen molar-refractivity contribution in [2.75, 3.05) is 0 Å². The molecule has 232 valence electrons. The SMILES string of the molecule is CC(=O)O.CC(=O)O.CC(=O)O.CC(=O)O.CC(C)[NH-].CC(C)[NH-].Cn1cccn1.Cn1ccnc1.[Pt].[Pt]. The molecule has 0 unspecified atom stereocenters. The van der Waals surface area contributed by atoms with Gasteiger partial charge in [-0.2, -0.15) is 5.10 Å². The molecule has 14 nitrogen and oxygen atoms in total. The van der Waals surface area contributed by atoms with Gasteiger partial charge in [-0.15, -0.1) is 12.1 Å². The van der Waals surface area contributed by atoms with Crippen LogP contribution in [-0.4, -0.2) is 75.7 Å². The number of nitrogens with one attached hydrogen (secondary N) is 2. The Balaban J connectivity index is -0.0000000452. The minimum atomic E-state index is -0.833. The van der Waals surface area contributed by atoms with Crippen molar-refractivity contribution in [2.24, 2.45) is 14.1 Å². The number of aliphatic carboxylic acids is 4. The number of imidazole rings is 1. The average molecular weight is 911 g/mol. The molecule has 16 heteroatoms. The van der Waals surface area contributed by atoms with Gasteiger partial charge in [-0.1, -0.05) is 27.7 Å². The van der Waals surface area contributed by atoms with Crippen LogP contribution in [0.5, 0.6) is 0 Å². The summed E-state index contributed by atoms with van der Waals surface area (Å²) in [6, 6.07) is 2.06. The van der Waals surface area contributed by atoms with Crippen molar-refractivity contribution >= 4 is 23.9 Å². The van der Waals surface area contributed by atoms with Crippen LogP contribution in [0.25, 0.3) is 11.5 Å². The number of carboxylic acid groups (broad SMARTS) is 4. The first-order valence-electron chi connectivity index (χ1n) is 10.2. The van der Waals surface area contributed by atoms with E-state index in [1.54, 1.807) is 23.4 Å². The summed E-state index contributed by atoms with van der Waals surface area (Å²) in [5.74, 6) is -3.33. The summed E-state index contributed by atoms with van der Waals surface area (Å²) >= 11 is 0. The van der Waals surface area contributed by atoms with Gasteiger partial charge in [0.05, 0.1) is 6.33 Å². The van der Waals surface area contributed by atoms with E-state index < -0.39 is 23.9 Å². The number of aryl methyl sites for hydroxylation is 2. The zero-order chi connectivity index (χ0) is 30.3. The van der Waals surface area contributed by atoms with Gasteiger partial charge in [0.25, 0.3) is 23.9 Å². The Labute approximate surface area is 254 Å². The molecule has 0 bridgehead atoms. The second-order valence-electron chi connectivity index (χ2n) is 6.79. The van der Waals surface area contributed by atoms with Crippen LogP contribution in [0.3, 0.4) is 0 Å². The van der Waals surface area contributed by atoms with Crippen LogP contribution in [0.2, 0.25) is 0 Å². The largest absolute Gasteiger partial charge is 0.675 e. The van der Waals surface area contributed by atoms with Crippen molar-refractivity contribution in [3.05, 3.63) is 48.6 Å². The van der Waals surface area contributed by atoms with Gasteiger partial charge in [-0.3, -0.25) is 23.9 Å². The van der Waals surface area contributed by atoms with Crippen molar-refractivity contribution in [2.45, 2.75) is 67.5 Å². The zero-order valence-corrected chi connectivity index (χ0v) is 28.0. The van der Waals surface area contributed by atoms with Gasteiger partial charge in [-0.25, -0.2) is 4.98 Å². The first-order valence-corrected chi connectivity index (χ1v) is 10.2. The predicted molar refractivity (Wildman–Crippen MR) is 139 cm³/mol. The topological polar surface area (TPSA) is 232 Å². The van der Waals surface area contributed by atoms with E-state index in [1.165, 1.54) is 0 Å². The van der Waals surface area contributed by atoms with Crippen LogP contribution in [0.4, 0.5) is 0 Å². The smallest absolute Gasteiger partial charge is 0.300 e. The quantitative estimate of drug-likeness (QED) is 0.296. The van der Waals surface area contributed by atoms with E-state index in [4.69, 9.17) is 51.1 Å². The van der Waals surface area contributed by atoms with Crippen molar-refractivity contribution in [3.8, 4) is 0 Å². The number of carboxylic acids is 4. The van der Waals surface area contributed by atoms with Crippen molar-refractivity contribution < 1.29 is 81.7 Å². The fourth-order valence-corrected chi connectivity index (χ4v) is 0.671. The van der Waals surface area contributed by atoms with Gasteiger partial charge in [0.1, 0.15) is 0 Å². The third kappa shape index (κ3) is 265. The van der Waals surface area contributed by atoms with Gasteiger partial charge < -0.3 is 36.5 Å². The maximum atomic E-state index is 9.00. The number of aromatic nitrogens is 4. The fourth-order valence-electron chi connectivity index (χ4n) is 0.671. The Morgan fingerprint density at radius 3 is 1.00 bits per heavy atom. The number of hydrogen-bond donors (Lipinski definition) is 4. The summed E-state index contributed by atoms with van der Waals surface area (Å²) in [6.07, 6.45) is 9.03. The van der Waals surface area contributed by atoms with E-state index in [2.05, 4.69) is 10.1 Å². The average Bonchev–Trinajstić information content (AvgIpc) is 3.25. The maximum Gasteiger partial charge on any atom is 0.300 e. The summed E-state index contributed by atoms with van der Waals surface area (Å²) in [4.78, 5) is 39.8. The Morgan fingerprint density at radius 1 is 0.684 bits per heavy atom. The second-order valence-corrected chi connectivity index (χ2v) is 6.79. The van der Waals surface area contributed by atoms with Crippen LogP contribution in [0.15, 0.2) is 37.2 Å². The van der Waals surface area contributed by atoms with Crippen LogP contribution < -0.4 is 0 Å². The van der Waals surface area contributed by atoms with E-state index in [-0.39, 0.29) is 54.2 Å². The Hall–Kier alpha value is -2.40. The fraction of sp³-hybridized carbons (Fsp3) is 0.545. The van der Waals surface area contributed by atoms with Crippen molar-refractivity contribution in [1.29, 1.82) is 0 Å². The minimum absolute atomic E-state index is 0. The Kier molecular flexibility index (Phi) is 65.6. The molecular formula is C22H44N6O8Pt2-2. The van der Waals surface area contributed by atoms with Crippen molar-refractivity contribution in [3.63, 3.8) is 0 Å². The number of carbonyl (C=O) groups is 4. The Morgan fingerprint density at radius 2 is 0.947 bits per heavy atom. The molecule has 2 aromatic rings. The summed E-state index contributed by atoms with van der Waals surface area (Å²) < 4.78 is 3.64. The second kappa shape index (κ2) is 44.6. The van der Waals surface area contributed by atoms with Crippen LogP contribution in [0, 0.1) is 0 Å². The molecule has 0 atom stereocenters. The van der Waals surface area contributed by atoms with Crippen LogP contribution in [-0.2, 0) is 75.4 Å². The normalized spacial score (nSPS) is 7.32. The molecule has 0 fully saturated rings. The predicted octanol–water partition coefficient (Wildman–Crippen LogP) is 4.09. The van der Waals surface area contributed by atoms with Crippen LogP contribution >= 0.6 is 0 Å². The summed E-state index contributed by atoms with van der Waals surface area (Å²) in [7, 11) is 3.83. The molecule has 0 spiro atoms.